The number of carbonyl (C=O) groups is 3. The number of aromatic nitrogens is 3. The van der Waals surface area contributed by atoms with Gasteiger partial charge in [0.1, 0.15) is 21.3 Å². The highest BCUT2D eigenvalue weighted by atomic mass is 35.5. The molecule has 2 aromatic rings. The van der Waals surface area contributed by atoms with Gasteiger partial charge in [-0.2, -0.15) is 0 Å². The van der Waals surface area contributed by atoms with E-state index in [4.69, 9.17) is 28.9 Å². The molecule has 3 atom stereocenters. The lowest BCUT2D eigenvalue weighted by Gasteiger charge is -2.53. The molecular weight excluding hydrogens is 583 g/mol. The first-order chi connectivity index (χ1) is 16.1. The largest absolute Gasteiger partial charge is 0.481 e. The van der Waals surface area contributed by atoms with E-state index in [1.165, 1.54) is 56.9 Å². The Labute approximate surface area is 224 Å². The van der Waals surface area contributed by atoms with E-state index in [9.17, 15) is 19.5 Å². The van der Waals surface area contributed by atoms with Crippen LogP contribution in [0.5, 0.6) is 0 Å². The number of carboxylic acid groups (broad SMARTS) is 1. The Kier molecular flexibility index (Phi) is 7.91. The molecule has 4 N–H and O–H groups in total. The third-order valence-corrected chi connectivity index (χ3v) is 11.1. The third kappa shape index (κ3) is 5.01. The number of nitrogens with one attached hydrogen (secondary N) is 1. The van der Waals surface area contributed by atoms with Crippen LogP contribution in [0.1, 0.15) is 5.69 Å². The molecule has 0 bridgehead atoms. The number of halogens is 2. The molecule has 0 aliphatic carbocycles. The van der Waals surface area contributed by atoms with Gasteiger partial charge in [0.05, 0.1) is 11.3 Å². The lowest BCUT2D eigenvalue weighted by Crippen LogP contribution is -2.74. The first kappa shape index (κ1) is 25.9. The van der Waals surface area contributed by atoms with Gasteiger partial charge in [-0.3, -0.25) is 14.4 Å². The van der Waals surface area contributed by atoms with Crippen LogP contribution in [0.15, 0.2) is 18.6 Å². The smallest absolute Gasteiger partial charge is 0.313 e. The summed E-state index contributed by atoms with van der Waals surface area (Å²) in [6, 6.07) is -0.831. The molecule has 0 aromatic carbocycles. The number of aliphatic carboxylic acids is 1. The molecule has 2 aliphatic rings. The molecule has 182 valence electrons. The highest BCUT2D eigenvalue weighted by Crippen LogP contribution is 2.45. The maximum atomic E-state index is 12.9. The Hall–Kier alpha value is -1.23. The number of rotatable bonds is 8. The van der Waals surface area contributed by atoms with Crippen molar-refractivity contribution in [3.05, 3.63) is 15.6 Å². The number of hydrogen-bond acceptors (Lipinski definition) is 12. The molecule has 2 unspecified atom stereocenters. The number of amides is 2. The van der Waals surface area contributed by atoms with Gasteiger partial charge in [-0.05, 0) is 6.26 Å². The van der Waals surface area contributed by atoms with Gasteiger partial charge in [0.2, 0.25) is 5.91 Å². The Bertz CT molecular complexity index is 1170. The number of nitrogens with two attached hydrogens (primary N) is 1. The normalized spacial score (nSPS) is 23.7. The van der Waals surface area contributed by atoms with E-state index in [0.717, 1.165) is 15.7 Å². The fraction of sp³-hybridized carbons (Fsp3) is 0.412. The van der Waals surface area contributed by atoms with Crippen LogP contribution < -0.4 is 11.1 Å². The quantitative estimate of drug-likeness (QED) is 0.233. The third-order valence-electron chi connectivity index (χ3n) is 5.11. The summed E-state index contributed by atoms with van der Waals surface area (Å²) in [4.78, 5) is 43.4. The number of nitrogen functional groups attached to an aromatic ring is 1. The highest BCUT2D eigenvalue weighted by molar-refractivity contribution is 8.03. The zero-order valence-electron chi connectivity index (χ0n) is 17.2. The van der Waals surface area contributed by atoms with E-state index < -0.39 is 28.7 Å². The van der Waals surface area contributed by atoms with Crippen molar-refractivity contribution in [1.29, 1.82) is 0 Å². The van der Waals surface area contributed by atoms with Crippen molar-refractivity contribution in [2.75, 3.05) is 30.0 Å². The van der Waals surface area contributed by atoms with E-state index in [1.807, 2.05) is 6.26 Å². The number of thiazole rings is 1. The summed E-state index contributed by atoms with van der Waals surface area (Å²) in [6.07, 6.45) is 1.89. The number of carboxylic acids is 1. The summed E-state index contributed by atoms with van der Waals surface area (Å²) in [6.45, 7) is 0.0357. The van der Waals surface area contributed by atoms with E-state index in [2.05, 4.69) is 20.5 Å². The Balaban J connectivity index is 1.42. The molecule has 2 amide bonds. The number of thioether (sulfide) groups is 3. The molecule has 2 aliphatic heterocycles. The molecule has 34 heavy (non-hydrogen) atoms. The van der Waals surface area contributed by atoms with Gasteiger partial charge < -0.3 is 21.1 Å². The molecule has 2 aromatic heterocycles. The van der Waals surface area contributed by atoms with Gasteiger partial charge in [-0.15, -0.1) is 33.3 Å². The van der Waals surface area contributed by atoms with Crippen molar-refractivity contribution in [3.63, 3.8) is 0 Å². The van der Waals surface area contributed by atoms with Crippen molar-refractivity contribution in [2.45, 2.75) is 20.1 Å². The second-order valence-electron chi connectivity index (χ2n) is 7.24. The highest BCUT2D eigenvalue weighted by Gasteiger charge is 2.57. The molecule has 0 saturated carbocycles. The average Bonchev–Trinajstić information content (AvgIpc) is 3.44. The van der Waals surface area contributed by atoms with Gasteiger partial charge in [-0.1, -0.05) is 58.1 Å². The maximum absolute atomic E-state index is 12.9. The summed E-state index contributed by atoms with van der Waals surface area (Å²) in [5.74, 6) is -1.50. The van der Waals surface area contributed by atoms with Crippen LogP contribution in [-0.2, 0) is 14.4 Å². The molecule has 2 saturated heterocycles. The SMILES string of the molecule is CSc1nnc(SCC2(C(=O)O)CS[C@@H]3C(NC(=O)C(=C(Cl)Cl)c4csc(N)n4)C(=O)N3C2)s1. The van der Waals surface area contributed by atoms with E-state index in [1.54, 1.807) is 0 Å². The molecule has 0 radical (unpaired) electrons. The van der Waals surface area contributed by atoms with Crippen LogP contribution in [0, 0.1) is 5.41 Å². The zero-order chi connectivity index (χ0) is 24.6. The Morgan fingerprint density at radius 1 is 1.38 bits per heavy atom. The van der Waals surface area contributed by atoms with Crippen molar-refractivity contribution >= 4 is 110 Å². The van der Waals surface area contributed by atoms with Crippen LogP contribution in [0.25, 0.3) is 5.57 Å². The standard InChI is InChI=1S/C17H16Cl2N6O4S5/c1-30-15-23-24-16(34-15)33-5-17(13(28)29)3-25-11(27)8(12(25)32-4-17)22-10(26)7(9(18)19)6-2-31-14(20)21-6/h2,8,12H,3-5H2,1H3,(H2,20,21)(H,22,26)(H,28,29)/t8?,12-,17?/m1/s1. The minimum atomic E-state index is -1.15. The molecule has 4 heterocycles. The van der Waals surface area contributed by atoms with Crippen molar-refractivity contribution in [1.82, 2.24) is 25.4 Å². The Morgan fingerprint density at radius 2 is 2.12 bits per heavy atom. The number of carbonyl (C=O) groups excluding carboxylic acids is 2. The number of hydrogen-bond donors (Lipinski definition) is 3. The summed E-state index contributed by atoms with van der Waals surface area (Å²) in [5, 5.41) is 22.1. The summed E-state index contributed by atoms with van der Waals surface area (Å²) in [5.41, 5.74) is 4.61. The van der Waals surface area contributed by atoms with Gasteiger partial charge in [0.15, 0.2) is 13.8 Å². The number of nitrogens with zero attached hydrogens (tertiary/aromatic N) is 4. The molecule has 4 rings (SSSR count). The summed E-state index contributed by atoms with van der Waals surface area (Å²) >= 11 is 18.4. The fourth-order valence-corrected chi connectivity index (χ4v) is 8.58. The molecule has 0 spiro atoms. The average molecular weight is 600 g/mol. The van der Waals surface area contributed by atoms with Gasteiger partial charge >= 0.3 is 5.97 Å². The number of fused-ring (bicyclic) bond motifs is 1. The monoisotopic (exact) mass is 598 g/mol. The predicted molar refractivity (Wildman–Crippen MR) is 138 cm³/mol. The maximum Gasteiger partial charge on any atom is 0.313 e. The lowest BCUT2D eigenvalue weighted by atomic mass is 9.89. The molecule has 17 heteroatoms. The van der Waals surface area contributed by atoms with E-state index >= 15 is 0 Å². The fourth-order valence-electron chi connectivity index (χ4n) is 3.36. The van der Waals surface area contributed by atoms with Crippen molar-refractivity contribution in [2.24, 2.45) is 5.41 Å². The van der Waals surface area contributed by atoms with Crippen molar-refractivity contribution in [3.8, 4) is 0 Å². The summed E-state index contributed by atoms with van der Waals surface area (Å²) in [7, 11) is 0. The Morgan fingerprint density at radius 3 is 2.71 bits per heavy atom. The molecule has 2 fully saturated rings. The second kappa shape index (κ2) is 10.4. The topological polar surface area (TPSA) is 151 Å². The van der Waals surface area contributed by atoms with Crippen LogP contribution in [-0.4, -0.2) is 78.7 Å². The van der Waals surface area contributed by atoms with Gasteiger partial charge in [0, 0.05) is 23.4 Å². The van der Waals surface area contributed by atoms with Crippen LogP contribution in [0.4, 0.5) is 5.13 Å². The first-order valence-electron chi connectivity index (χ1n) is 9.38. The van der Waals surface area contributed by atoms with Crippen LogP contribution in [0.2, 0.25) is 0 Å². The predicted octanol–water partition coefficient (Wildman–Crippen LogP) is 2.71. The first-order valence-corrected chi connectivity index (χ1v) is 15.1. The van der Waals surface area contributed by atoms with E-state index in [-0.39, 0.29) is 44.8 Å². The van der Waals surface area contributed by atoms with Crippen molar-refractivity contribution < 1.29 is 19.5 Å². The number of anilines is 1. The molecule has 10 nitrogen and oxygen atoms in total. The second-order valence-corrected chi connectivity index (χ2v) is 13.4. The minimum Gasteiger partial charge on any atom is -0.481 e. The molecular formula is C17H16Cl2N6O4S5. The van der Waals surface area contributed by atoms with Gasteiger partial charge in [-0.25, -0.2) is 4.98 Å². The van der Waals surface area contributed by atoms with Crippen LogP contribution >= 0.6 is 81.2 Å². The lowest BCUT2D eigenvalue weighted by molar-refractivity contribution is -0.157. The van der Waals surface area contributed by atoms with Crippen LogP contribution in [0.3, 0.4) is 0 Å². The zero-order valence-corrected chi connectivity index (χ0v) is 22.8. The minimum absolute atomic E-state index is 0.0357. The van der Waals surface area contributed by atoms with E-state index in [0.29, 0.717) is 4.34 Å². The summed E-state index contributed by atoms with van der Waals surface area (Å²) < 4.78 is 1.18. The number of β-lactam (4-membered cyclic amide) rings is 1. The van der Waals surface area contributed by atoms with Gasteiger partial charge in [0.25, 0.3) is 5.91 Å².